The van der Waals surface area contributed by atoms with Crippen molar-refractivity contribution in [3.63, 3.8) is 0 Å². The van der Waals surface area contributed by atoms with Crippen LogP contribution >= 0.6 is 0 Å². The quantitative estimate of drug-likeness (QED) is 0.840. The molecular formula is C14H18N2O. The molecule has 0 spiro atoms. The molecular weight excluding hydrogens is 212 g/mol. The number of rotatable bonds is 2. The predicted octanol–water partition coefficient (Wildman–Crippen LogP) is 1.70. The molecule has 1 aliphatic carbocycles. The third kappa shape index (κ3) is 1.95. The molecule has 0 aromatic heterocycles. The van der Waals surface area contributed by atoms with Gasteiger partial charge in [0.05, 0.1) is 0 Å². The number of benzene rings is 1. The normalized spacial score (nSPS) is 28.4. The van der Waals surface area contributed by atoms with E-state index in [4.69, 9.17) is 5.73 Å². The van der Waals surface area contributed by atoms with Gasteiger partial charge in [-0.25, -0.2) is 0 Å². The molecule has 3 atom stereocenters. The first-order valence-electron chi connectivity index (χ1n) is 6.38. The lowest BCUT2D eigenvalue weighted by molar-refractivity contribution is -0.134. The number of nitrogens with two attached hydrogens (primary N) is 1. The number of nitrogens with zero attached hydrogens (tertiary/aromatic N) is 1. The van der Waals surface area contributed by atoms with Crippen molar-refractivity contribution in [2.45, 2.75) is 31.3 Å². The molecule has 1 heterocycles. The second-order valence-electron chi connectivity index (χ2n) is 5.13. The van der Waals surface area contributed by atoms with Crippen LogP contribution in [0.2, 0.25) is 0 Å². The highest BCUT2D eigenvalue weighted by atomic mass is 16.2. The van der Waals surface area contributed by atoms with Gasteiger partial charge in [-0.3, -0.25) is 4.79 Å². The molecule has 1 saturated carbocycles. The van der Waals surface area contributed by atoms with E-state index in [1.807, 2.05) is 35.2 Å². The van der Waals surface area contributed by atoms with Crippen LogP contribution in [0, 0.1) is 5.92 Å². The Bertz CT molecular complexity index is 417. The smallest absolute Gasteiger partial charge is 0.244 e. The first-order valence-corrected chi connectivity index (χ1v) is 6.38. The molecule has 0 radical (unpaired) electrons. The van der Waals surface area contributed by atoms with Crippen molar-refractivity contribution in [2.75, 3.05) is 6.54 Å². The van der Waals surface area contributed by atoms with Crippen LogP contribution in [0.1, 0.15) is 30.9 Å². The van der Waals surface area contributed by atoms with Crippen molar-refractivity contribution >= 4 is 5.91 Å². The average molecular weight is 230 g/mol. The van der Waals surface area contributed by atoms with E-state index in [0.29, 0.717) is 6.04 Å². The molecule has 2 N–H and O–H groups in total. The maximum Gasteiger partial charge on any atom is 0.244 e. The van der Waals surface area contributed by atoms with E-state index in [9.17, 15) is 4.79 Å². The molecule has 1 amide bonds. The number of hydrogen-bond acceptors (Lipinski definition) is 2. The molecule has 3 heteroatoms. The summed E-state index contributed by atoms with van der Waals surface area (Å²) in [7, 11) is 0. The number of piperidine rings is 1. The van der Waals surface area contributed by atoms with Gasteiger partial charge < -0.3 is 10.6 Å². The number of fused-ring (bicyclic) bond motifs is 1. The van der Waals surface area contributed by atoms with Crippen molar-refractivity contribution in [1.82, 2.24) is 4.90 Å². The second-order valence-corrected chi connectivity index (χ2v) is 5.13. The summed E-state index contributed by atoms with van der Waals surface area (Å²) >= 11 is 0. The predicted molar refractivity (Wildman–Crippen MR) is 66.2 cm³/mol. The Morgan fingerprint density at radius 3 is 2.88 bits per heavy atom. The van der Waals surface area contributed by atoms with E-state index in [2.05, 4.69) is 0 Å². The summed E-state index contributed by atoms with van der Waals surface area (Å²) in [5, 5.41) is 0. The van der Waals surface area contributed by atoms with Gasteiger partial charge in [-0.2, -0.15) is 0 Å². The molecule has 3 unspecified atom stereocenters. The van der Waals surface area contributed by atoms with Crippen molar-refractivity contribution in [1.29, 1.82) is 0 Å². The summed E-state index contributed by atoms with van der Waals surface area (Å²) in [6.45, 7) is 0.889. The van der Waals surface area contributed by atoms with Gasteiger partial charge in [-0.15, -0.1) is 0 Å². The Morgan fingerprint density at radius 1 is 1.35 bits per heavy atom. The van der Waals surface area contributed by atoms with Gasteiger partial charge in [-0.1, -0.05) is 30.3 Å². The van der Waals surface area contributed by atoms with Crippen LogP contribution in [0.3, 0.4) is 0 Å². The van der Waals surface area contributed by atoms with Crippen LogP contribution in [-0.4, -0.2) is 23.4 Å². The Morgan fingerprint density at radius 2 is 2.12 bits per heavy atom. The van der Waals surface area contributed by atoms with E-state index in [0.717, 1.165) is 24.4 Å². The Balaban J connectivity index is 1.73. The largest absolute Gasteiger partial charge is 0.338 e. The van der Waals surface area contributed by atoms with Crippen LogP contribution in [0.5, 0.6) is 0 Å². The molecule has 3 rings (SSSR count). The molecule has 17 heavy (non-hydrogen) atoms. The van der Waals surface area contributed by atoms with Crippen LogP contribution in [0.4, 0.5) is 0 Å². The Kier molecular flexibility index (Phi) is 2.63. The third-order valence-electron chi connectivity index (χ3n) is 3.97. The molecule has 90 valence electrons. The third-order valence-corrected chi connectivity index (χ3v) is 3.97. The maximum absolute atomic E-state index is 12.3. The summed E-state index contributed by atoms with van der Waals surface area (Å²) in [4.78, 5) is 14.3. The summed E-state index contributed by atoms with van der Waals surface area (Å²) in [5.74, 6) is 0.860. The van der Waals surface area contributed by atoms with Crippen LogP contribution < -0.4 is 5.73 Å². The maximum atomic E-state index is 12.3. The van der Waals surface area contributed by atoms with Gasteiger partial charge in [0, 0.05) is 12.6 Å². The van der Waals surface area contributed by atoms with E-state index in [-0.39, 0.29) is 5.91 Å². The second kappa shape index (κ2) is 4.15. The van der Waals surface area contributed by atoms with E-state index in [1.165, 1.54) is 12.8 Å². The van der Waals surface area contributed by atoms with Crippen molar-refractivity contribution in [3.8, 4) is 0 Å². The zero-order chi connectivity index (χ0) is 11.8. The monoisotopic (exact) mass is 230 g/mol. The summed E-state index contributed by atoms with van der Waals surface area (Å²) in [5.41, 5.74) is 6.98. The molecule has 2 aliphatic rings. The number of likely N-dealkylation sites (tertiary alicyclic amines) is 1. The lowest BCUT2D eigenvalue weighted by Crippen LogP contribution is -2.42. The van der Waals surface area contributed by atoms with Crippen LogP contribution in [0.15, 0.2) is 30.3 Å². The Hall–Kier alpha value is -1.35. The highest BCUT2D eigenvalue weighted by Crippen LogP contribution is 2.43. The SMILES string of the molecule is NC(C(=O)N1CCCC2CC21)c1ccccc1. The number of hydrogen-bond donors (Lipinski definition) is 1. The van der Waals surface area contributed by atoms with E-state index in [1.54, 1.807) is 0 Å². The minimum atomic E-state index is -0.490. The fourth-order valence-electron chi connectivity index (χ4n) is 2.87. The van der Waals surface area contributed by atoms with E-state index >= 15 is 0 Å². The standard InChI is InChI=1S/C14H18N2O/c15-13(10-5-2-1-3-6-10)14(17)16-8-4-7-11-9-12(11)16/h1-3,5-6,11-13H,4,7-9,15H2. The highest BCUT2D eigenvalue weighted by Gasteiger charge is 2.46. The summed E-state index contributed by atoms with van der Waals surface area (Å²) in [6, 6.07) is 9.66. The van der Waals surface area contributed by atoms with Gasteiger partial charge in [0.2, 0.25) is 5.91 Å². The highest BCUT2D eigenvalue weighted by molar-refractivity contribution is 5.83. The average Bonchev–Trinajstić information content (AvgIpc) is 3.17. The zero-order valence-electron chi connectivity index (χ0n) is 9.88. The number of carbonyl (C=O) groups excluding carboxylic acids is 1. The molecule has 2 fully saturated rings. The molecule has 1 saturated heterocycles. The van der Waals surface area contributed by atoms with Crippen molar-refractivity contribution < 1.29 is 4.79 Å². The van der Waals surface area contributed by atoms with Crippen molar-refractivity contribution in [2.24, 2.45) is 11.7 Å². The topological polar surface area (TPSA) is 46.3 Å². The molecule has 0 bridgehead atoms. The first-order chi connectivity index (χ1) is 8.27. The van der Waals surface area contributed by atoms with Gasteiger partial charge in [0.25, 0.3) is 0 Å². The summed E-state index contributed by atoms with van der Waals surface area (Å²) < 4.78 is 0. The van der Waals surface area contributed by atoms with Gasteiger partial charge in [0.1, 0.15) is 6.04 Å². The zero-order valence-corrected chi connectivity index (χ0v) is 9.88. The molecule has 1 aliphatic heterocycles. The lowest BCUT2D eigenvalue weighted by atomic mass is 10.0. The van der Waals surface area contributed by atoms with Crippen LogP contribution in [-0.2, 0) is 4.79 Å². The molecule has 3 nitrogen and oxygen atoms in total. The minimum Gasteiger partial charge on any atom is -0.338 e. The first kappa shape index (κ1) is 10.8. The van der Waals surface area contributed by atoms with Crippen molar-refractivity contribution in [3.05, 3.63) is 35.9 Å². The van der Waals surface area contributed by atoms with Gasteiger partial charge >= 0.3 is 0 Å². The number of carbonyl (C=O) groups is 1. The van der Waals surface area contributed by atoms with Gasteiger partial charge in [-0.05, 0) is 30.7 Å². The fraction of sp³-hybridized carbons (Fsp3) is 0.500. The Labute approximate surface area is 102 Å². The van der Waals surface area contributed by atoms with Gasteiger partial charge in [0.15, 0.2) is 0 Å². The number of amides is 1. The minimum absolute atomic E-state index is 0.100. The lowest BCUT2D eigenvalue weighted by Gasteiger charge is -2.29. The molecule has 1 aromatic rings. The molecule has 1 aromatic carbocycles. The summed E-state index contributed by atoms with van der Waals surface area (Å²) in [6.07, 6.45) is 3.61. The van der Waals surface area contributed by atoms with Crippen LogP contribution in [0.25, 0.3) is 0 Å². The van der Waals surface area contributed by atoms with E-state index < -0.39 is 6.04 Å². The fourth-order valence-corrected chi connectivity index (χ4v) is 2.87.